The van der Waals surface area contributed by atoms with Gasteiger partial charge in [0, 0.05) is 25.7 Å². The molecular formula is C14H25N3O3. The van der Waals surface area contributed by atoms with Gasteiger partial charge >= 0.3 is 12.0 Å². The van der Waals surface area contributed by atoms with Gasteiger partial charge in [-0.3, -0.25) is 9.69 Å². The van der Waals surface area contributed by atoms with Gasteiger partial charge in [0.1, 0.15) is 0 Å². The third-order valence-corrected chi connectivity index (χ3v) is 4.61. The van der Waals surface area contributed by atoms with Crippen LogP contribution >= 0.6 is 0 Å². The molecule has 2 heterocycles. The molecule has 0 radical (unpaired) electrons. The fourth-order valence-corrected chi connectivity index (χ4v) is 3.31. The predicted molar refractivity (Wildman–Crippen MR) is 75.5 cm³/mol. The lowest BCUT2D eigenvalue weighted by molar-refractivity contribution is -0.142. The molecule has 2 aliphatic heterocycles. The van der Waals surface area contributed by atoms with Crippen molar-refractivity contribution < 1.29 is 14.7 Å². The molecule has 2 rings (SSSR count). The van der Waals surface area contributed by atoms with Crippen LogP contribution in [0.5, 0.6) is 0 Å². The van der Waals surface area contributed by atoms with Crippen molar-refractivity contribution in [2.24, 2.45) is 11.8 Å². The number of likely N-dealkylation sites (N-methyl/N-ethyl adjacent to an activating group) is 1. The van der Waals surface area contributed by atoms with Gasteiger partial charge in [0.25, 0.3) is 0 Å². The van der Waals surface area contributed by atoms with Crippen molar-refractivity contribution in [3.8, 4) is 0 Å². The molecule has 6 heteroatoms. The summed E-state index contributed by atoms with van der Waals surface area (Å²) in [5, 5.41) is 12.1. The van der Waals surface area contributed by atoms with Gasteiger partial charge < -0.3 is 15.3 Å². The van der Waals surface area contributed by atoms with Crippen molar-refractivity contribution >= 4 is 12.0 Å². The van der Waals surface area contributed by atoms with Crippen LogP contribution in [0.4, 0.5) is 4.79 Å². The second-order valence-electron chi connectivity index (χ2n) is 5.94. The minimum absolute atomic E-state index is 0.0249. The molecule has 0 aromatic rings. The number of carbonyl (C=O) groups is 2. The van der Waals surface area contributed by atoms with Gasteiger partial charge in [-0.05, 0) is 31.8 Å². The summed E-state index contributed by atoms with van der Waals surface area (Å²) in [6.07, 6.45) is 2.32. The smallest absolute Gasteiger partial charge is 0.317 e. The van der Waals surface area contributed by atoms with E-state index in [1.54, 1.807) is 4.90 Å². The Morgan fingerprint density at radius 2 is 2.10 bits per heavy atom. The molecule has 2 saturated heterocycles. The molecule has 2 fully saturated rings. The number of hydrogen-bond acceptors (Lipinski definition) is 3. The lowest BCUT2D eigenvalue weighted by atomic mass is 9.99. The first-order valence-electron chi connectivity index (χ1n) is 7.52. The highest BCUT2D eigenvalue weighted by Gasteiger charge is 2.37. The van der Waals surface area contributed by atoms with Crippen LogP contribution in [0.2, 0.25) is 0 Å². The zero-order valence-corrected chi connectivity index (χ0v) is 12.3. The maximum atomic E-state index is 12.1. The summed E-state index contributed by atoms with van der Waals surface area (Å²) in [6.45, 7) is 7.67. The van der Waals surface area contributed by atoms with Crippen LogP contribution < -0.4 is 5.32 Å². The Balaban J connectivity index is 1.80. The van der Waals surface area contributed by atoms with Crippen molar-refractivity contribution in [2.75, 3.05) is 32.7 Å². The summed E-state index contributed by atoms with van der Waals surface area (Å²) in [7, 11) is 0. The molecule has 0 spiro atoms. The molecule has 2 amide bonds. The normalized spacial score (nSPS) is 30.7. The van der Waals surface area contributed by atoms with Crippen LogP contribution in [-0.4, -0.2) is 65.7 Å². The fraction of sp³-hybridized carbons (Fsp3) is 0.857. The zero-order chi connectivity index (χ0) is 14.7. The zero-order valence-electron chi connectivity index (χ0n) is 12.3. The van der Waals surface area contributed by atoms with Gasteiger partial charge in [0.15, 0.2) is 0 Å². The number of carboxylic acids is 1. The molecule has 114 valence electrons. The van der Waals surface area contributed by atoms with E-state index in [1.807, 2.05) is 6.92 Å². The number of amides is 2. The fourth-order valence-electron chi connectivity index (χ4n) is 3.31. The minimum atomic E-state index is -0.805. The summed E-state index contributed by atoms with van der Waals surface area (Å²) in [4.78, 5) is 27.2. The van der Waals surface area contributed by atoms with E-state index in [0.29, 0.717) is 25.7 Å². The number of urea groups is 1. The van der Waals surface area contributed by atoms with E-state index in [1.165, 1.54) is 6.42 Å². The molecule has 20 heavy (non-hydrogen) atoms. The lowest BCUT2D eigenvalue weighted by Gasteiger charge is -2.24. The van der Waals surface area contributed by atoms with E-state index >= 15 is 0 Å². The van der Waals surface area contributed by atoms with Crippen LogP contribution in [0, 0.1) is 11.8 Å². The van der Waals surface area contributed by atoms with E-state index in [4.69, 9.17) is 5.11 Å². The molecule has 0 aliphatic carbocycles. The van der Waals surface area contributed by atoms with Crippen LogP contribution in [-0.2, 0) is 4.79 Å². The topological polar surface area (TPSA) is 72.9 Å². The van der Waals surface area contributed by atoms with Gasteiger partial charge in [-0.25, -0.2) is 4.79 Å². The standard InChI is InChI=1S/C14H25N3O3/c1-3-16-6-4-5-11(16)7-15-14(20)17-8-10(2)12(9-17)13(18)19/h10-12H,3-9H2,1-2H3,(H,15,20)(H,18,19)/t10-,11?,12-/m1/s1. The first-order valence-corrected chi connectivity index (χ1v) is 7.52. The molecule has 6 nitrogen and oxygen atoms in total. The van der Waals surface area contributed by atoms with Crippen molar-refractivity contribution in [1.29, 1.82) is 0 Å². The number of carboxylic acid groups (broad SMARTS) is 1. The monoisotopic (exact) mass is 283 g/mol. The molecule has 1 unspecified atom stereocenters. The summed E-state index contributed by atoms with van der Waals surface area (Å²) in [6, 6.07) is 0.308. The maximum Gasteiger partial charge on any atom is 0.317 e. The average molecular weight is 283 g/mol. The largest absolute Gasteiger partial charge is 0.481 e. The van der Waals surface area contributed by atoms with E-state index in [0.717, 1.165) is 19.5 Å². The Labute approximate surface area is 120 Å². The third-order valence-electron chi connectivity index (χ3n) is 4.61. The summed E-state index contributed by atoms with van der Waals surface area (Å²) in [5.41, 5.74) is 0. The van der Waals surface area contributed by atoms with Crippen molar-refractivity contribution in [2.45, 2.75) is 32.7 Å². The van der Waals surface area contributed by atoms with Crippen LogP contribution in [0.15, 0.2) is 0 Å². The van der Waals surface area contributed by atoms with Gasteiger partial charge in [-0.1, -0.05) is 13.8 Å². The molecule has 2 aliphatic rings. The van der Waals surface area contributed by atoms with E-state index < -0.39 is 11.9 Å². The number of carbonyl (C=O) groups excluding carboxylic acids is 1. The van der Waals surface area contributed by atoms with Crippen LogP contribution in [0.3, 0.4) is 0 Å². The van der Waals surface area contributed by atoms with Crippen molar-refractivity contribution in [1.82, 2.24) is 15.1 Å². The number of hydrogen-bond donors (Lipinski definition) is 2. The summed E-state index contributed by atoms with van der Waals surface area (Å²) in [5.74, 6) is -1.21. The van der Waals surface area contributed by atoms with E-state index in [-0.39, 0.29) is 11.9 Å². The first kappa shape index (κ1) is 15.1. The molecule has 0 bridgehead atoms. The summed E-state index contributed by atoms with van der Waals surface area (Å²) >= 11 is 0. The van der Waals surface area contributed by atoms with E-state index in [9.17, 15) is 9.59 Å². The highest BCUT2D eigenvalue weighted by Crippen LogP contribution is 2.23. The lowest BCUT2D eigenvalue weighted by Crippen LogP contribution is -2.45. The second kappa shape index (κ2) is 6.43. The number of likely N-dealkylation sites (tertiary alicyclic amines) is 2. The Kier molecular flexibility index (Phi) is 4.86. The molecule has 0 aromatic heterocycles. The number of nitrogens with zero attached hydrogens (tertiary/aromatic N) is 2. The molecule has 2 N–H and O–H groups in total. The van der Waals surface area contributed by atoms with Crippen LogP contribution in [0.1, 0.15) is 26.7 Å². The molecule has 3 atom stereocenters. The SMILES string of the molecule is CCN1CCCC1CNC(=O)N1C[C@@H](C)[C@H](C(=O)O)C1. The van der Waals surface area contributed by atoms with Gasteiger partial charge in [0.2, 0.25) is 0 Å². The maximum absolute atomic E-state index is 12.1. The minimum Gasteiger partial charge on any atom is -0.481 e. The van der Waals surface area contributed by atoms with Gasteiger partial charge in [-0.15, -0.1) is 0 Å². The number of rotatable bonds is 4. The van der Waals surface area contributed by atoms with Gasteiger partial charge in [-0.2, -0.15) is 0 Å². The number of nitrogens with one attached hydrogen (secondary N) is 1. The first-order chi connectivity index (χ1) is 9.52. The Morgan fingerprint density at radius 3 is 2.70 bits per heavy atom. The Morgan fingerprint density at radius 1 is 1.35 bits per heavy atom. The molecular weight excluding hydrogens is 258 g/mol. The Hall–Kier alpha value is -1.30. The van der Waals surface area contributed by atoms with Crippen molar-refractivity contribution in [3.63, 3.8) is 0 Å². The van der Waals surface area contributed by atoms with Crippen molar-refractivity contribution in [3.05, 3.63) is 0 Å². The quantitative estimate of drug-likeness (QED) is 0.801. The molecule has 0 saturated carbocycles. The average Bonchev–Trinajstić information content (AvgIpc) is 3.01. The van der Waals surface area contributed by atoms with E-state index in [2.05, 4.69) is 17.1 Å². The molecule has 0 aromatic carbocycles. The predicted octanol–water partition coefficient (Wildman–Crippen LogP) is 0.833. The third kappa shape index (κ3) is 3.23. The summed E-state index contributed by atoms with van der Waals surface area (Å²) < 4.78 is 0. The second-order valence-corrected chi connectivity index (χ2v) is 5.94. The van der Waals surface area contributed by atoms with Crippen LogP contribution in [0.25, 0.3) is 0 Å². The van der Waals surface area contributed by atoms with Gasteiger partial charge in [0.05, 0.1) is 5.92 Å². The Bertz CT molecular complexity index is 375. The highest BCUT2D eigenvalue weighted by atomic mass is 16.4. The highest BCUT2D eigenvalue weighted by molar-refractivity contribution is 5.77. The number of aliphatic carboxylic acids is 1.